The van der Waals surface area contributed by atoms with Gasteiger partial charge in [0.2, 0.25) is 6.79 Å². The van der Waals surface area contributed by atoms with Gasteiger partial charge in [0.15, 0.2) is 17.3 Å². The molecule has 1 aromatic carbocycles. The van der Waals surface area contributed by atoms with Crippen LogP contribution in [-0.4, -0.2) is 63.0 Å². The first-order valence-electron chi connectivity index (χ1n) is 11.5. The van der Waals surface area contributed by atoms with E-state index in [4.69, 9.17) is 9.47 Å². The molecule has 0 saturated carbocycles. The molecule has 2 aliphatic heterocycles. The highest BCUT2D eigenvalue weighted by Gasteiger charge is 2.33. The summed E-state index contributed by atoms with van der Waals surface area (Å²) in [5.74, 6) is 3.28. The standard InChI is InChI=1S/C23H36N6O2/c1-6-23(4,5)29-22(24-25-26-29)19(13-17(2)3)28-11-9-27(10-12-28)15-18-7-8-20-21(14-18)31-16-30-20/h7-8,14,17,19H,6,9-13,15-16H2,1-5H3. The van der Waals surface area contributed by atoms with Crippen molar-refractivity contribution < 1.29 is 9.47 Å². The molecule has 8 heteroatoms. The van der Waals surface area contributed by atoms with E-state index >= 15 is 0 Å². The molecule has 0 radical (unpaired) electrons. The van der Waals surface area contributed by atoms with Crippen LogP contribution in [-0.2, 0) is 12.1 Å². The summed E-state index contributed by atoms with van der Waals surface area (Å²) in [4.78, 5) is 5.09. The number of hydrogen-bond acceptors (Lipinski definition) is 7. The van der Waals surface area contributed by atoms with Gasteiger partial charge in [-0.1, -0.05) is 26.8 Å². The monoisotopic (exact) mass is 428 g/mol. The molecule has 1 aromatic heterocycles. The van der Waals surface area contributed by atoms with E-state index in [1.54, 1.807) is 0 Å². The van der Waals surface area contributed by atoms with Crippen LogP contribution in [0.25, 0.3) is 0 Å². The molecule has 170 valence electrons. The average Bonchev–Trinajstić information content (AvgIpc) is 3.42. The molecule has 4 rings (SSSR count). The number of rotatable bonds is 8. The number of benzene rings is 1. The summed E-state index contributed by atoms with van der Waals surface area (Å²) in [5.41, 5.74) is 1.18. The fraction of sp³-hybridized carbons (Fsp3) is 0.696. The highest BCUT2D eigenvalue weighted by molar-refractivity contribution is 5.44. The predicted octanol–water partition coefficient (Wildman–Crippen LogP) is 3.45. The molecule has 2 aliphatic rings. The predicted molar refractivity (Wildman–Crippen MR) is 119 cm³/mol. The van der Waals surface area contributed by atoms with E-state index in [-0.39, 0.29) is 11.6 Å². The number of piperazine rings is 1. The second kappa shape index (κ2) is 9.12. The number of ether oxygens (including phenoxy) is 2. The van der Waals surface area contributed by atoms with E-state index in [2.05, 4.69) is 76.8 Å². The second-order valence-corrected chi connectivity index (χ2v) is 9.76. The summed E-state index contributed by atoms with van der Waals surface area (Å²) < 4.78 is 13.0. The Morgan fingerprint density at radius 3 is 2.52 bits per heavy atom. The summed E-state index contributed by atoms with van der Waals surface area (Å²) >= 11 is 0. The summed E-state index contributed by atoms with van der Waals surface area (Å²) in [7, 11) is 0. The van der Waals surface area contributed by atoms with Crippen molar-refractivity contribution in [2.75, 3.05) is 33.0 Å². The number of hydrogen-bond donors (Lipinski definition) is 0. The maximum Gasteiger partial charge on any atom is 0.231 e. The third-order valence-corrected chi connectivity index (χ3v) is 6.62. The molecule has 1 atom stereocenters. The van der Waals surface area contributed by atoms with E-state index in [1.165, 1.54) is 5.56 Å². The zero-order valence-electron chi connectivity index (χ0n) is 19.5. The van der Waals surface area contributed by atoms with Crippen LogP contribution >= 0.6 is 0 Å². The van der Waals surface area contributed by atoms with E-state index in [9.17, 15) is 0 Å². The van der Waals surface area contributed by atoms with Crippen LogP contribution in [0.4, 0.5) is 0 Å². The van der Waals surface area contributed by atoms with Crippen LogP contribution < -0.4 is 9.47 Å². The summed E-state index contributed by atoms with van der Waals surface area (Å²) in [6.45, 7) is 16.5. The smallest absolute Gasteiger partial charge is 0.231 e. The van der Waals surface area contributed by atoms with Gasteiger partial charge in [-0.15, -0.1) is 5.10 Å². The van der Waals surface area contributed by atoms with Crippen molar-refractivity contribution in [3.8, 4) is 11.5 Å². The van der Waals surface area contributed by atoms with Crippen molar-refractivity contribution in [3.05, 3.63) is 29.6 Å². The van der Waals surface area contributed by atoms with Crippen molar-refractivity contribution >= 4 is 0 Å². The third kappa shape index (κ3) is 4.85. The molecule has 3 heterocycles. The molecule has 2 aromatic rings. The SMILES string of the molecule is CCC(C)(C)n1nnnc1C(CC(C)C)N1CCN(Cc2ccc3c(c2)OCO3)CC1. The van der Waals surface area contributed by atoms with Gasteiger partial charge >= 0.3 is 0 Å². The first-order valence-corrected chi connectivity index (χ1v) is 11.5. The van der Waals surface area contributed by atoms with E-state index in [1.807, 2.05) is 6.07 Å². The molecule has 8 nitrogen and oxygen atoms in total. The topological polar surface area (TPSA) is 68.5 Å². The van der Waals surface area contributed by atoms with Gasteiger partial charge in [0.1, 0.15) is 0 Å². The molecule has 1 fully saturated rings. The van der Waals surface area contributed by atoms with E-state index < -0.39 is 0 Å². The third-order valence-electron chi connectivity index (χ3n) is 6.62. The summed E-state index contributed by atoms with van der Waals surface area (Å²) in [5, 5.41) is 12.9. The average molecular weight is 429 g/mol. The summed E-state index contributed by atoms with van der Waals surface area (Å²) in [6.07, 6.45) is 2.05. The van der Waals surface area contributed by atoms with Crippen molar-refractivity contribution in [2.45, 2.75) is 65.6 Å². The van der Waals surface area contributed by atoms with Crippen molar-refractivity contribution in [1.29, 1.82) is 0 Å². The molecule has 0 bridgehead atoms. The second-order valence-electron chi connectivity index (χ2n) is 9.76. The lowest BCUT2D eigenvalue weighted by Crippen LogP contribution is -2.48. The molecule has 0 N–H and O–H groups in total. The molecule has 31 heavy (non-hydrogen) atoms. The van der Waals surface area contributed by atoms with Crippen LogP contribution in [0.1, 0.15) is 64.9 Å². The Morgan fingerprint density at radius 1 is 1.06 bits per heavy atom. The fourth-order valence-corrected chi connectivity index (χ4v) is 4.38. The molecule has 0 amide bonds. The Kier molecular flexibility index (Phi) is 6.48. The lowest BCUT2D eigenvalue weighted by molar-refractivity contribution is 0.0737. The lowest BCUT2D eigenvalue weighted by atomic mass is 9.98. The quantitative estimate of drug-likeness (QED) is 0.638. The van der Waals surface area contributed by atoms with Gasteiger partial charge in [-0.05, 0) is 60.7 Å². The molecule has 0 spiro atoms. The minimum absolute atomic E-state index is 0.0881. The molecule has 1 saturated heterocycles. The van der Waals surface area contributed by atoms with Crippen LogP contribution in [0.5, 0.6) is 11.5 Å². The Labute approximate surface area is 185 Å². The Morgan fingerprint density at radius 2 is 1.81 bits per heavy atom. The highest BCUT2D eigenvalue weighted by Crippen LogP contribution is 2.34. The van der Waals surface area contributed by atoms with Gasteiger partial charge in [0.05, 0.1) is 11.6 Å². The minimum atomic E-state index is -0.0881. The van der Waals surface area contributed by atoms with Gasteiger partial charge in [-0.25, -0.2) is 4.68 Å². The number of nitrogens with zero attached hydrogens (tertiary/aromatic N) is 6. The van der Waals surface area contributed by atoms with Crippen LogP contribution in [0, 0.1) is 5.92 Å². The van der Waals surface area contributed by atoms with Crippen molar-refractivity contribution in [3.63, 3.8) is 0 Å². The van der Waals surface area contributed by atoms with Crippen LogP contribution in [0.3, 0.4) is 0 Å². The maximum atomic E-state index is 5.53. The summed E-state index contributed by atoms with van der Waals surface area (Å²) in [6, 6.07) is 6.51. The Balaban J connectivity index is 1.43. The molecular weight excluding hydrogens is 392 g/mol. The van der Waals surface area contributed by atoms with Crippen LogP contribution in [0.2, 0.25) is 0 Å². The fourth-order valence-electron chi connectivity index (χ4n) is 4.38. The first kappa shape index (κ1) is 22.0. The first-order chi connectivity index (χ1) is 14.9. The normalized spacial score (nSPS) is 18.6. The minimum Gasteiger partial charge on any atom is -0.454 e. The molecular formula is C23H36N6O2. The van der Waals surface area contributed by atoms with Gasteiger partial charge in [0.25, 0.3) is 0 Å². The van der Waals surface area contributed by atoms with E-state index in [0.717, 1.165) is 62.9 Å². The van der Waals surface area contributed by atoms with Crippen molar-refractivity contribution in [2.24, 2.45) is 5.92 Å². The maximum absolute atomic E-state index is 5.53. The van der Waals surface area contributed by atoms with Gasteiger partial charge in [0, 0.05) is 32.7 Å². The van der Waals surface area contributed by atoms with Gasteiger partial charge in [-0.3, -0.25) is 9.80 Å². The Bertz CT molecular complexity index is 873. The lowest BCUT2D eigenvalue weighted by Gasteiger charge is -2.40. The van der Waals surface area contributed by atoms with Gasteiger partial charge < -0.3 is 9.47 Å². The number of fused-ring (bicyclic) bond motifs is 1. The Hall–Kier alpha value is -2.19. The molecule has 0 aliphatic carbocycles. The number of aromatic nitrogens is 4. The molecule has 1 unspecified atom stereocenters. The van der Waals surface area contributed by atoms with E-state index in [0.29, 0.717) is 12.7 Å². The largest absolute Gasteiger partial charge is 0.454 e. The van der Waals surface area contributed by atoms with Crippen LogP contribution in [0.15, 0.2) is 18.2 Å². The number of tetrazole rings is 1. The zero-order chi connectivity index (χ0) is 22.0. The van der Waals surface area contributed by atoms with Gasteiger partial charge in [-0.2, -0.15) is 0 Å². The van der Waals surface area contributed by atoms with Crippen molar-refractivity contribution in [1.82, 2.24) is 30.0 Å². The highest BCUT2D eigenvalue weighted by atomic mass is 16.7. The zero-order valence-corrected chi connectivity index (χ0v) is 19.5.